The summed E-state index contributed by atoms with van der Waals surface area (Å²) in [6, 6.07) is 2.99. The Bertz CT molecular complexity index is 1510. The molecular weight excluding hydrogens is 540 g/mol. The lowest BCUT2D eigenvalue weighted by molar-refractivity contribution is -0.139. The highest BCUT2D eigenvalue weighted by molar-refractivity contribution is 5.83. The van der Waals surface area contributed by atoms with Crippen LogP contribution in [0.2, 0.25) is 0 Å². The minimum atomic E-state index is -4.80. The van der Waals surface area contributed by atoms with Crippen molar-refractivity contribution in [2.24, 2.45) is 0 Å². The third-order valence-electron chi connectivity index (χ3n) is 7.14. The summed E-state index contributed by atoms with van der Waals surface area (Å²) in [7, 11) is 3.89. The number of anilines is 3. The van der Waals surface area contributed by atoms with Crippen LogP contribution in [0.1, 0.15) is 30.1 Å². The molecule has 1 aromatic carbocycles. The van der Waals surface area contributed by atoms with Crippen molar-refractivity contribution in [3.63, 3.8) is 0 Å². The van der Waals surface area contributed by atoms with Crippen LogP contribution in [0.25, 0.3) is 22.4 Å². The molecule has 1 aliphatic heterocycles. The average molecular weight is 571 g/mol. The lowest BCUT2D eigenvalue weighted by Gasteiger charge is -2.34. The largest absolute Gasteiger partial charge is 0.419 e. The van der Waals surface area contributed by atoms with E-state index in [2.05, 4.69) is 24.8 Å². The molecule has 4 heterocycles. The molecule has 14 heteroatoms. The highest BCUT2D eigenvalue weighted by Gasteiger charge is 2.35. The van der Waals surface area contributed by atoms with E-state index >= 15 is 0 Å². The van der Waals surface area contributed by atoms with Crippen LogP contribution >= 0.6 is 0 Å². The first kappa shape index (κ1) is 28.2. The lowest BCUT2D eigenvalue weighted by atomic mass is 9.95. The molecule has 0 saturated carbocycles. The zero-order valence-electron chi connectivity index (χ0n) is 22.6. The van der Waals surface area contributed by atoms with Gasteiger partial charge in [0.05, 0.1) is 16.8 Å². The Hall–Kier alpha value is -4.33. The first-order chi connectivity index (χ1) is 19.5. The number of halogens is 4. The number of likely N-dealkylation sites (N-methyl/N-ethyl adjacent to an activating group) is 1. The highest BCUT2D eigenvalue weighted by atomic mass is 19.4. The third kappa shape index (κ3) is 6.06. The minimum absolute atomic E-state index is 0.0483. The van der Waals surface area contributed by atoms with Gasteiger partial charge in [0, 0.05) is 61.8 Å². The highest BCUT2D eigenvalue weighted by Crippen LogP contribution is 2.38. The van der Waals surface area contributed by atoms with E-state index in [1.54, 1.807) is 18.6 Å². The van der Waals surface area contributed by atoms with Crippen molar-refractivity contribution in [3.05, 3.63) is 60.3 Å². The lowest BCUT2D eigenvalue weighted by Crippen LogP contribution is -2.35. The van der Waals surface area contributed by atoms with Crippen molar-refractivity contribution in [3.8, 4) is 22.4 Å². The van der Waals surface area contributed by atoms with Gasteiger partial charge in [0.15, 0.2) is 0 Å². The van der Waals surface area contributed by atoms with Gasteiger partial charge in [-0.05, 0) is 45.1 Å². The Kier molecular flexibility index (Phi) is 7.76. The second-order valence-corrected chi connectivity index (χ2v) is 10.2. The van der Waals surface area contributed by atoms with E-state index in [-0.39, 0.29) is 17.4 Å². The molecular formula is C27H30F4N10. The van der Waals surface area contributed by atoms with Crippen molar-refractivity contribution in [1.29, 1.82) is 0 Å². The predicted molar refractivity (Wildman–Crippen MR) is 147 cm³/mol. The fraction of sp³-hybridized carbons (Fsp3) is 0.370. The summed E-state index contributed by atoms with van der Waals surface area (Å²) in [4.78, 5) is 25.7. The molecule has 0 radical (unpaired) electrons. The number of nitrogens with zero attached hydrogens (tertiary/aromatic N) is 8. The van der Waals surface area contributed by atoms with Gasteiger partial charge in [-0.25, -0.2) is 29.3 Å². The first-order valence-electron chi connectivity index (χ1n) is 13.0. The number of imidazole rings is 1. The molecule has 1 aliphatic rings. The first-order valence-corrected chi connectivity index (χ1v) is 13.0. The molecule has 4 N–H and O–H groups in total. The Morgan fingerprint density at radius 1 is 1.00 bits per heavy atom. The van der Waals surface area contributed by atoms with Crippen LogP contribution in [0.3, 0.4) is 0 Å². The van der Waals surface area contributed by atoms with Gasteiger partial charge in [-0.3, -0.25) is 0 Å². The summed E-state index contributed by atoms with van der Waals surface area (Å²) in [5.41, 5.74) is 12.4. The second-order valence-electron chi connectivity index (χ2n) is 10.2. The molecule has 5 rings (SSSR count). The van der Waals surface area contributed by atoms with E-state index in [0.717, 1.165) is 30.8 Å². The maximum absolute atomic E-state index is 13.9. The summed E-state index contributed by atoms with van der Waals surface area (Å²) >= 11 is 0. The van der Waals surface area contributed by atoms with Gasteiger partial charge in [-0.1, -0.05) is 0 Å². The number of nitrogens with two attached hydrogens (primary N) is 2. The summed E-state index contributed by atoms with van der Waals surface area (Å²) in [5, 5.41) is 0. The van der Waals surface area contributed by atoms with Gasteiger partial charge in [-0.2, -0.15) is 13.2 Å². The Morgan fingerprint density at radius 3 is 2.37 bits per heavy atom. The molecule has 0 atom stereocenters. The fourth-order valence-corrected chi connectivity index (χ4v) is 5.01. The molecule has 4 aromatic rings. The molecule has 0 amide bonds. The Balaban J connectivity index is 1.42. The number of benzene rings is 1. The molecule has 0 bridgehead atoms. The molecule has 1 saturated heterocycles. The smallest absolute Gasteiger partial charge is 0.383 e. The van der Waals surface area contributed by atoms with Crippen LogP contribution in [-0.4, -0.2) is 68.1 Å². The van der Waals surface area contributed by atoms with Crippen LogP contribution in [0.15, 0.2) is 43.1 Å². The number of nitrogen functional groups attached to an aromatic ring is 2. The van der Waals surface area contributed by atoms with Gasteiger partial charge in [-0.15, -0.1) is 0 Å². The quantitative estimate of drug-likeness (QED) is 0.316. The van der Waals surface area contributed by atoms with Gasteiger partial charge in [0.1, 0.15) is 29.6 Å². The molecule has 216 valence electrons. The number of rotatable bonds is 7. The number of hydrogen-bond donors (Lipinski definition) is 2. The van der Waals surface area contributed by atoms with E-state index in [1.807, 2.05) is 23.6 Å². The van der Waals surface area contributed by atoms with E-state index in [4.69, 9.17) is 16.5 Å². The summed E-state index contributed by atoms with van der Waals surface area (Å²) in [5.74, 6) is 0.627. The molecule has 10 nitrogen and oxygen atoms in total. The van der Waals surface area contributed by atoms with Crippen LogP contribution in [0.4, 0.5) is 35.1 Å². The van der Waals surface area contributed by atoms with Gasteiger partial charge < -0.3 is 25.8 Å². The van der Waals surface area contributed by atoms with Crippen molar-refractivity contribution >= 4 is 17.6 Å². The number of hydrogen-bond acceptors (Lipinski definition) is 9. The van der Waals surface area contributed by atoms with Crippen LogP contribution < -0.4 is 16.4 Å². The number of piperidine rings is 1. The van der Waals surface area contributed by atoms with E-state index in [1.165, 1.54) is 12.4 Å². The predicted octanol–water partition coefficient (Wildman–Crippen LogP) is 4.07. The standard InChI is InChI=1S/C27H30F4N10/c1-39(2)9-10-41-14-21(17-3-4-20(28)19(11-17)27(29,30)31)38-24(41)16-5-7-40(8-6-16)25-22(23(32)36-15-37-25)18-12-34-26(33)35-13-18/h3-4,11-16H,5-10H2,1-2H3,(H2,32,36,37)(H2,33,34,35). The normalized spacial score (nSPS) is 14.7. The molecule has 0 aliphatic carbocycles. The van der Waals surface area contributed by atoms with Gasteiger partial charge >= 0.3 is 6.18 Å². The Labute approximate surface area is 234 Å². The van der Waals surface area contributed by atoms with Crippen molar-refractivity contribution in [1.82, 2.24) is 34.4 Å². The average Bonchev–Trinajstić information content (AvgIpc) is 3.36. The number of alkyl halides is 3. The summed E-state index contributed by atoms with van der Waals surface area (Å²) in [6.07, 6.45) is 2.96. The van der Waals surface area contributed by atoms with Gasteiger partial charge in [0.2, 0.25) is 5.95 Å². The minimum Gasteiger partial charge on any atom is -0.383 e. The zero-order chi connectivity index (χ0) is 29.3. The van der Waals surface area contributed by atoms with Crippen molar-refractivity contribution < 1.29 is 17.6 Å². The van der Waals surface area contributed by atoms with Crippen molar-refractivity contribution in [2.45, 2.75) is 31.5 Å². The number of aromatic nitrogens is 6. The summed E-state index contributed by atoms with van der Waals surface area (Å²) in [6.45, 7) is 2.59. The second kappa shape index (κ2) is 11.3. The Morgan fingerprint density at radius 2 is 1.71 bits per heavy atom. The van der Waals surface area contributed by atoms with E-state index in [9.17, 15) is 17.6 Å². The maximum atomic E-state index is 13.9. The molecule has 3 aromatic heterocycles. The third-order valence-corrected chi connectivity index (χ3v) is 7.14. The zero-order valence-corrected chi connectivity index (χ0v) is 22.6. The topological polar surface area (TPSA) is 128 Å². The van der Waals surface area contributed by atoms with Crippen LogP contribution in [0, 0.1) is 5.82 Å². The van der Waals surface area contributed by atoms with Crippen molar-refractivity contribution in [2.75, 3.05) is 50.1 Å². The van der Waals surface area contributed by atoms with E-state index < -0.39 is 17.6 Å². The SMILES string of the molecule is CN(C)CCn1cc(-c2ccc(F)c(C(F)(F)F)c2)nc1C1CCN(c2ncnc(N)c2-c2cnc(N)nc2)CC1. The maximum Gasteiger partial charge on any atom is 0.419 e. The summed E-state index contributed by atoms with van der Waals surface area (Å²) < 4.78 is 56.1. The van der Waals surface area contributed by atoms with Crippen LogP contribution in [0.5, 0.6) is 0 Å². The molecule has 41 heavy (non-hydrogen) atoms. The van der Waals surface area contributed by atoms with Gasteiger partial charge in [0.25, 0.3) is 0 Å². The van der Waals surface area contributed by atoms with E-state index in [0.29, 0.717) is 54.6 Å². The fourth-order valence-electron chi connectivity index (χ4n) is 5.01. The monoisotopic (exact) mass is 570 g/mol. The van der Waals surface area contributed by atoms with Crippen LogP contribution in [-0.2, 0) is 12.7 Å². The molecule has 1 fully saturated rings. The molecule has 0 spiro atoms. The molecule has 0 unspecified atom stereocenters.